The summed E-state index contributed by atoms with van der Waals surface area (Å²) in [6, 6.07) is 9.30. The molecule has 0 saturated heterocycles. The molecule has 0 saturated carbocycles. The van der Waals surface area contributed by atoms with Crippen LogP contribution in [0.4, 0.5) is 5.13 Å². The number of halogens is 1. The van der Waals surface area contributed by atoms with E-state index < -0.39 is 5.92 Å². The largest absolute Gasteiger partial charge is 0.468 e. The van der Waals surface area contributed by atoms with Gasteiger partial charge in [-0.1, -0.05) is 46.8 Å². The van der Waals surface area contributed by atoms with Gasteiger partial charge in [-0.25, -0.2) is 0 Å². The molecule has 2 aliphatic rings. The number of methoxy groups -OCH3 is 1. The predicted octanol–water partition coefficient (Wildman–Crippen LogP) is 3.76. The SMILES string of the molecule is COC(=O)CSc1nnc(N2C(N)=C(C#N)C(c3ccc(Cl)cc3)C3=C2CCCC3=O)s1. The van der Waals surface area contributed by atoms with Crippen LogP contribution in [-0.2, 0) is 14.3 Å². The van der Waals surface area contributed by atoms with Gasteiger partial charge < -0.3 is 10.5 Å². The number of benzene rings is 1. The number of hydrogen-bond donors (Lipinski definition) is 1. The van der Waals surface area contributed by atoms with Crippen LogP contribution in [0.3, 0.4) is 0 Å². The van der Waals surface area contributed by atoms with Crippen molar-refractivity contribution in [2.75, 3.05) is 17.8 Å². The number of nitriles is 1. The molecule has 0 radical (unpaired) electrons. The van der Waals surface area contributed by atoms with Gasteiger partial charge in [-0.05, 0) is 30.5 Å². The standard InChI is InChI=1S/C21H18ClN5O3S2/c1-30-16(29)10-31-21-26-25-20(32-21)27-14-3-2-4-15(28)18(14)17(13(9-23)19(27)24)11-5-7-12(22)8-6-11/h5-8,17H,2-4,10,24H2,1H3. The molecule has 8 nitrogen and oxygen atoms in total. The minimum atomic E-state index is -0.558. The third-order valence-electron chi connectivity index (χ3n) is 5.24. The first-order valence-electron chi connectivity index (χ1n) is 9.69. The Morgan fingerprint density at radius 1 is 1.38 bits per heavy atom. The molecule has 2 aromatic rings. The summed E-state index contributed by atoms with van der Waals surface area (Å²) in [4.78, 5) is 26.2. The molecule has 2 heterocycles. The third kappa shape index (κ3) is 4.11. The van der Waals surface area contributed by atoms with Crippen LogP contribution >= 0.6 is 34.7 Å². The molecule has 1 aliphatic carbocycles. The lowest BCUT2D eigenvalue weighted by Crippen LogP contribution is -2.38. The van der Waals surface area contributed by atoms with Gasteiger partial charge in [-0.15, -0.1) is 10.2 Å². The van der Waals surface area contributed by atoms with Crippen molar-refractivity contribution >= 4 is 51.6 Å². The Balaban J connectivity index is 1.79. The molecule has 11 heteroatoms. The topological polar surface area (TPSA) is 122 Å². The number of allylic oxidation sites excluding steroid dienone is 3. The summed E-state index contributed by atoms with van der Waals surface area (Å²) in [6.07, 6.45) is 1.71. The number of carbonyl (C=O) groups is 2. The highest BCUT2D eigenvalue weighted by Gasteiger charge is 2.41. The number of esters is 1. The van der Waals surface area contributed by atoms with E-state index in [0.29, 0.717) is 39.3 Å². The number of aromatic nitrogens is 2. The molecule has 164 valence electrons. The summed E-state index contributed by atoms with van der Waals surface area (Å²) in [5, 5.41) is 19.4. The Bertz CT molecular complexity index is 1180. The Kier molecular flexibility index (Phi) is 6.50. The van der Waals surface area contributed by atoms with Crippen LogP contribution in [0, 0.1) is 11.3 Å². The second-order valence-corrected chi connectivity index (χ2v) is 9.70. The first-order chi connectivity index (χ1) is 15.4. The minimum Gasteiger partial charge on any atom is -0.468 e. The van der Waals surface area contributed by atoms with Gasteiger partial charge in [0.2, 0.25) is 5.13 Å². The van der Waals surface area contributed by atoms with Gasteiger partial charge in [0.15, 0.2) is 10.1 Å². The van der Waals surface area contributed by atoms with E-state index in [1.165, 1.54) is 30.2 Å². The Labute approximate surface area is 197 Å². The third-order valence-corrected chi connectivity index (χ3v) is 7.51. The number of rotatable bonds is 5. The lowest BCUT2D eigenvalue weighted by molar-refractivity contribution is -0.137. The van der Waals surface area contributed by atoms with E-state index in [1.54, 1.807) is 17.0 Å². The van der Waals surface area contributed by atoms with Gasteiger partial charge >= 0.3 is 5.97 Å². The van der Waals surface area contributed by atoms with Gasteiger partial charge in [-0.3, -0.25) is 14.5 Å². The number of carbonyl (C=O) groups excluding carboxylic acids is 2. The molecule has 4 rings (SSSR count). The number of ether oxygens (including phenoxy) is 1. The number of nitrogens with two attached hydrogens (primary N) is 1. The zero-order valence-electron chi connectivity index (χ0n) is 17.0. The second-order valence-electron chi connectivity index (χ2n) is 7.08. The molecule has 0 fully saturated rings. The number of nitrogens with zero attached hydrogens (tertiary/aromatic N) is 4. The highest BCUT2D eigenvalue weighted by atomic mass is 35.5. The monoisotopic (exact) mass is 487 g/mol. The number of thioether (sulfide) groups is 1. The van der Waals surface area contributed by atoms with Crippen LogP contribution in [-0.4, -0.2) is 34.8 Å². The van der Waals surface area contributed by atoms with E-state index in [0.717, 1.165) is 11.3 Å². The second kappa shape index (κ2) is 9.32. The van der Waals surface area contributed by atoms with Crippen LogP contribution in [0.25, 0.3) is 0 Å². The summed E-state index contributed by atoms with van der Waals surface area (Å²) in [7, 11) is 1.32. The fraction of sp³-hybridized carbons (Fsp3) is 0.286. The maximum Gasteiger partial charge on any atom is 0.316 e. The number of ketones is 1. The zero-order valence-corrected chi connectivity index (χ0v) is 19.4. The number of Topliss-reactive ketones (excluding diaryl/α,β-unsaturated/α-hetero) is 1. The summed E-state index contributed by atoms with van der Waals surface area (Å²) < 4.78 is 5.21. The molecule has 1 atom stereocenters. The Morgan fingerprint density at radius 2 is 2.12 bits per heavy atom. The van der Waals surface area contributed by atoms with E-state index in [-0.39, 0.29) is 28.9 Å². The van der Waals surface area contributed by atoms with Crippen LogP contribution in [0.15, 0.2) is 51.3 Å². The maximum atomic E-state index is 13.1. The van der Waals surface area contributed by atoms with Crippen molar-refractivity contribution in [1.29, 1.82) is 5.26 Å². The predicted molar refractivity (Wildman–Crippen MR) is 122 cm³/mol. The molecule has 1 aromatic carbocycles. The van der Waals surface area contributed by atoms with Crippen LogP contribution in [0.1, 0.15) is 30.7 Å². The van der Waals surface area contributed by atoms with E-state index in [4.69, 9.17) is 17.3 Å². The van der Waals surface area contributed by atoms with Gasteiger partial charge in [0.05, 0.1) is 30.4 Å². The van der Waals surface area contributed by atoms with E-state index in [9.17, 15) is 14.9 Å². The van der Waals surface area contributed by atoms with Gasteiger partial charge in [0, 0.05) is 22.7 Å². The highest BCUT2D eigenvalue weighted by molar-refractivity contribution is 8.01. The van der Waals surface area contributed by atoms with Crippen molar-refractivity contribution < 1.29 is 14.3 Å². The van der Waals surface area contributed by atoms with Crippen LogP contribution < -0.4 is 10.6 Å². The van der Waals surface area contributed by atoms with E-state index >= 15 is 0 Å². The molecular weight excluding hydrogens is 470 g/mol. The van der Waals surface area contributed by atoms with E-state index in [2.05, 4.69) is 21.0 Å². The molecule has 0 bridgehead atoms. The molecule has 1 aromatic heterocycles. The van der Waals surface area contributed by atoms with Crippen molar-refractivity contribution in [3.63, 3.8) is 0 Å². The summed E-state index contributed by atoms with van der Waals surface area (Å²) in [6.45, 7) is 0. The van der Waals surface area contributed by atoms with Crippen molar-refractivity contribution in [2.45, 2.75) is 29.5 Å². The van der Waals surface area contributed by atoms with Gasteiger partial charge in [0.25, 0.3) is 0 Å². The lowest BCUT2D eigenvalue weighted by atomic mass is 9.76. The normalized spacial score (nSPS) is 18.5. The van der Waals surface area contributed by atoms with Crippen LogP contribution in [0.5, 0.6) is 0 Å². The highest BCUT2D eigenvalue weighted by Crippen LogP contribution is 2.47. The quantitative estimate of drug-likeness (QED) is 0.496. The lowest BCUT2D eigenvalue weighted by Gasteiger charge is -2.38. The Hall–Kier alpha value is -2.87. The van der Waals surface area contributed by atoms with E-state index in [1.807, 2.05) is 12.1 Å². The number of anilines is 1. The van der Waals surface area contributed by atoms with Gasteiger partial charge in [-0.2, -0.15) is 5.26 Å². The van der Waals surface area contributed by atoms with Crippen molar-refractivity contribution in [3.05, 3.63) is 57.5 Å². The first-order valence-corrected chi connectivity index (χ1v) is 11.9. The van der Waals surface area contributed by atoms with Crippen molar-refractivity contribution in [3.8, 4) is 6.07 Å². The average molecular weight is 488 g/mol. The van der Waals surface area contributed by atoms with Crippen molar-refractivity contribution in [1.82, 2.24) is 10.2 Å². The summed E-state index contributed by atoms with van der Waals surface area (Å²) in [5.74, 6) is -0.616. The molecular formula is C21H18ClN5O3S2. The molecule has 0 amide bonds. The first kappa shape index (κ1) is 22.3. The molecule has 32 heavy (non-hydrogen) atoms. The molecule has 1 aliphatic heterocycles. The van der Waals surface area contributed by atoms with Gasteiger partial charge in [0.1, 0.15) is 5.82 Å². The average Bonchev–Trinajstić information content (AvgIpc) is 3.26. The Morgan fingerprint density at radius 3 is 2.81 bits per heavy atom. The zero-order chi connectivity index (χ0) is 22.8. The molecule has 1 unspecified atom stereocenters. The fourth-order valence-corrected chi connectivity index (χ4v) is 5.66. The smallest absolute Gasteiger partial charge is 0.316 e. The molecule has 0 spiro atoms. The minimum absolute atomic E-state index is 0.0127. The summed E-state index contributed by atoms with van der Waals surface area (Å²) >= 11 is 8.48. The van der Waals surface area contributed by atoms with Crippen LogP contribution in [0.2, 0.25) is 5.02 Å². The number of hydrogen-bond acceptors (Lipinski definition) is 10. The summed E-state index contributed by atoms with van der Waals surface area (Å²) in [5.41, 5.74) is 8.85. The maximum absolute atomic E-state index is 13.1. The molecule has 2 N–H and O–H groups in total. The van der Waals surface area contributed by atoms with Crippen molar-refractivity contribution in [2.24, 2.45) is 5.73 Å². The fourth-order valence-electron chi connectivity index (χ4n) is 3.82.